The van der Waals surface area contributed by atoms with Crippen LogP contribution in [-0.2, 0) is 7.05 Å². The SMILES string of the molecule is Cc1cc2cccc(O)c2[n+](C)c1C. The summed E-state index contributed by atoms with van der Waals surface area (Å²) in [6.07, 6.45) is 0. The van der Waals surface area contributed by atoms with Crippen molar-refractivity contribution < 1.29 is 9.67 Å². The van der Waals surface area contributed by atoms with Gasteiger partial charge in [-0.25, -0.2) is 0 Å². The minimum atomic E-state index is 0.341. The summed E-state index contributed by atoms with van der Waals surface area (Å²) in [5.41, 5.74) is 3.32. The summed E-state index contributed by atoms with van der Waals surface area (Å²) in [5.74, 6) is 0.341. The highest BCUT2D eigenvalue weighted by Crippen LogP contribution is 2.22. The Bertz CT molecular complexity index is 503. The van der Waals surface area contributed by atoms with Crippen molar-refractivity contribution in [3.05, 3.63) is 35.5 Å². The third kappa shape index (κ3) is 1.15. The molecule has 1 aromatic carbocycles. The largest absolute Gasteiger partial charge is 0.502 e. The fourth-order valence-electron chi connectivity index (χ4n) is 1.80. The van der Waals surface area contributed by atoms with Crippen molar-refractivity contribution in [3.8, 4) is 5.75 Å². The first-order valence-corrected chi connectivity index (χ1v) is 4.69. The van der Waals surface area contributed by atoms with Gasteiger partial charge in [0, 0.05) is 12.5 Å². The molecule has 0 atom stereocenters. The molecule has 72 valence electrons. The van der Waals surface area contributed by atoms with Crippen LogP contribution in [0.15, 0.2) is 24.3 Å². The zero-order valence-electron chi connectivity index (χ0n) is 8.70. The van der Waals surface area contributed by atoms with Crippen molar-refractivity contribution in [3.63, 3.8) is 0 Å². The van der Waals surface area contributed by atoms with Gasteiger partial charge in [0.15, 0.2) is 11.4 Å². The van der Waals surface area contributed by atoms with Gasteiger partial charge in [-0.3, -0.25) is 0 Å². The molecule has 0 amide bonds. The molecule has 0 aliphatic rings. The van der Waals surface area contributed by atoms with E-state index < -0.39 is 0 Å². The Morgan fingerprint density at radius 2 is 1.93 bits per heavy atom. The van der Waals surface area contributed by atoms with E-state index in [0.29, 0.717) is 5.75 Å². The number of phenolic OH excluding ortho intramolecular Hbond substituents is 1. The number of hydrogen-bond donors (Lipinski definition) is 1. The van der Waals surface area contributed by atoms with E-state index in [2.05, 4.69) is 19.9 Å². The molecule has 2 aromatic rings. The molecule has 0 radical (unpaired) electrons. The molecular formula is C12H14NO+. The van der Waals surface area contributed by atoms with Crippen LogP contribution in [0.3, 0.4) is 0 Å². The van der Waals surface area contributed by atoms with Gasteiger partial charge in [0.2, 0.25) is 0 Å². The summed E-state index contributed by atoms with van der Waals surface area (Å²) in [7, 11) is 1.98. The molecular weight excluding hydrogens is 174 g/mol. The van der Waals surface area contributed by atoms with Gasteiger partial charge in [0.25, 0.3) is 5.52 Å². The standard InChI is InChI=1S/C12H13NO/c1-8-7-10-5-4-6-11(14)12(10)13(3)9(8)2/h4-7H,1-3H3/p+1. The van der Waals surface area contributed by atoms with Crippen LogP contribution in [-0.4, -0.2) is 5.11 Å². The van der Waals surface area contributed by atoms with Gasteiger partial charge in [-0.2, -0.15) is 4.57 Å². The van der Waals surface area contributed by atoms with Gasteiger partial charge in [-0.15, -0.1) is 0 Å². The minimum absolute atomic E-state index is 0.341. The molecule has 0 saturated carbocycles. The molecule has 2 rings (SSSR count). The van der Waals surface area contributed by atoms with E-state index in [-0.39, 0.29) is 0 Å². The maximum Gasteiger partial charge on any atom is 0.254 e. The second kappa shape index (κ2) is 2.98. The van der Waals surface area contributed by atoms with Crippen LogP contribution in [0.1, 0.15) is 11.3 Å². The van der Waals surface area contributed by atoms with E-state index in [0.717, 1.165) is 10.9 Å². The number of aromatic hydroxyl groups is 1. The van der Waals surface area contributed by atoms with Crippen molar-refractivity contribution in [2.24, 2.45) is 7.05 Å². The van der Waals surface area contributed by atoms with E-state index in [4.69, 9.17) is 0 Å². The summed E-state index contributed by atoms with van der Waals surface area (Å²) in [6.45, 7) is 4.14. The van der Waals surface area contributed by atoms with Crippen LogP contribution in [0.25, 0.3) is 10.9 Å². The molecule has 1 N–H and O–H groups in total. The summed E-state index contributed by atoms with van der Waals surface area (Å²) >= 11 is 0. The molecule has 0 bridgehead atoms. The first kappa shape index (κ1) is 9.00. The zero-order valence-corrected chi connectivity index (χ0v) is 8.70. The third-order valence-corrected chi connectivity index (χ3v) is 2.83. The van der Waals surface area contributed by atoms with Crippen LogP contribution in [0, 0.1) is 13.8 Å². The normalized spacial score (nSPS) is 10.8. The number of aryl methyl sites for hydroxylation is 2. The van der Waals surface area contributed by atoms with E-state index in [1.165, 1.54) is 11.3 Å². The van der Waals surface area contributed by atoms with Gasteiger partial charge in [-0.05, 0) is 25.1 Å². The van der Waals surface area contributed by atoms with Crippen LogP contribution in [0.4, 0.5) is 0 Å². The Morgan fingerprint density at radius 1 is 1.21 bits per heavy atom. The van der Waals surface area contributed by atoms with Gasteiger partial charge in [0.1, 0.15) is 7.05 Å². The monoisotopic (exact) mass is 188 g/mol. The minimum Gasteiger partial charge on any atom is -0.502 e. The van der Waals surface area contributed by atoms with E-state index in [1.807, 2.05) is 23.7 Å². The smallest absolute Gasteiger partial charge is 0.254 e. The Hall–Kier alpha value is -1.57. The van der Waals surface area contributed by atoms with Crippen molar-refractivity contribution >= 4 is 10.9 Å². The second-order valence-electron chi connectivity index (χ2n) is 3.69. The summed E-state index contributed by atoms with van der Waals surface area (Å²) < 4.78 is 2.03. The number of phenols is 1. The Morgan fingerprint density at radius 3 is 2.64 bits per heavy atom. The highest BCUT2D eigenvalue weighted by molar-refractivity contribution is 5.81. The van der Waals surface area contributed by atoms with Gasteiger partial charge in [-0.1, -0.05) is 6.07 Å². The molecule has 0 fully saturated rings. The first-order valence-electron chi connectivity index (χ1n) is 4.69. The molecule has 14 heavy (non-hydrogen) atoms. The molecule has 1 heterocycles. The summed E-state index contributed by atoms with van der Waals surface area (Å²) in [6, 6.07) is 7.70. The van der Waals surface area contributed by atoms with Crippen LogP contribution in [0.2, 0.25) is 0 Å². The molecule has 2 heteroatoms. The number of hydrogen-bond acceptors (Lipinski definition) is 1. The van der Waals surface area contributed by atoms with E-state index in [9.17, 15) is 5.11 Å². The maximum absolute atomic E-state index is 9.75. The Labute approximate surface area is 83.4 Å². The number of fused-ring (bicyclic) bond motifs is 1. The lowest BCUT2D eigenvalue weighted by Crippen LogP contribution is -2.33. The van der Waals surface area contributed by atoms with Crippen LogP contribution >= 0.6 is 0 Å². The molecule has 1 aromatic heterocycles. The number of aromatic nitrogens is 1. The second-order valence-corrected chi connectivity index (χ2v) is 3.69. The van der Waals surface area contributed by atoms with Crippen molar-refractivity contribution in [1.82, 2.24) is 0 Å². The number of para-hydroxylation sites is 1. The van der Waals surface area contributed by atoms with Gasteiger partial charge >= 0.3 is 0 Å². The van der Waals surface area contributed by atoms with Crippen molar-refractivity contribution in [2.45, 2.75) is 13.8 Å². The highest BCUT2D eigenvalue weighted by Gasteiger charge is 2.14. The lowest BCUT2D eigenvalue weighted by Gasteiger charge is -2.04. The number of rotatable bonds is 0. The fourth-order valence-corrected chi connectivity index (χ4v) is 1.80. The maximum atomic E-state index is 9.75. The quantitative estimate of drug-likeness (QED) is 0.628. The van der Waals surface area contributed by atoms with E-state index in [1.54, 1.807) is 6.07 Å². The molecule has 0 aliphatic heterocycles. The van der Waals surface area contributed by atoms with Crippen molar-refractivity contribution in [2.75, 3.05) is 0 Å². The Balaban J connectivity index is 2.99. The zero-order chi connectivity index (χ0) is 10.3. The fraction of sp³-hybridized carbons (Fsp3) is 0.250. The van der Waals surface area contributed by atoms with Gasteiger partial charge < -0.3 is 5.11 Å². The van der Waals surface area contributed by atoms with E-state index >= 15 is 0 Å². The molecule has 0 spiro atoms. The third-order valence-electron chi connectivity index (χ3n) is 2.83. The van der Waals surface area contributed by atoms with Crippen molar-refractivity contribution in [1.29, 1.82) is 0 Å². The average molecular weight is 188 g/mol. The van der Waals surface area contributed by atoms with Gasteiger partial charge in [0.05, 0.1) is 5.39 Å². The Kier molecular flexibility index (Phi) is 1.92. The van der Waals surface area contributed by atoms with Crippen LogP contribution in [0.5, 0.6) is 5.75 Å². The number of pyridine rings is 1. The summed E-state index contributed by atoms with van der Waals surface area (Å²) in [5, 5.41) is 10.8. The highest BCUT2D eigenvalue weighted by atomic mass is 16.3. The van der Waals surface area contributed by atoms with Crippen LogP contribution < -0.4 is 4.57 Å². The predicted molar refractivity (Wildman–Crippen MR) is 56.3 cm³/mol. The molecule has 0 aliphatic carbocycles. The molecule has 2 nitrogen and oxygen atoms in total. The lowest BCUT2D eigenvalue weighted by molar-refractivity contribution is -0.651. The molecule has 0 unspecified atom stereocenters. The average Bonchev–Trinajstić information content (AvgIpc) is 2.14. The number of nitrogens with zero attached hydrogens (tertiary/aromatic N) is 1. The topological polar surface area (TPSA) is 24.1 Å². The summed E-state index contributed by atoms with van der Waals surface area (Å²) in [4.78, 5) is 0. The first-order chi connectivity index (χ1) is 6.61. The lowest BCUT2D eigenvalue weighted by atomic mass is 10.1. The predicted octanol–water partition coefficient (Wildman–Crippen LogP) is 1.99. The number of benzene rings is 1. The molecule has 0 saturated heterocycles.